The molecule has 4 aromatic rings. The predicted octanol–water partition coefficient (Wildman–Crippen LogP) is 9.43. The third-order valence-electron chi connectivity index (χ3n) is 11.0. The van der Waals surface area contributed by atoms with Crippen LogP contribution in [0.4, 0.5) is 87.8 Å². The van der Waals surface area contributed by atoms with E-state index in [0.29, 0.717) is 0 Å². The lowest BCUT2D eigenvalue weighted by Crippen LogP contribution is -2.81. The van der Waals surface area contributed by atoms with Gasteiger partial charge >= 0.3 is 0 Å². The van der Waals surface area contributed by atoms with Crippen LogP contribution in [0.2, 0.25) is 0 Å². The van der Waals surface area contributed by atoms with Gasteiger partial charge in [-0.2, -0.15) is 0 Å². The highest BCUT2D eigenvalue weighted by Crippen LogP contribution is 2.32. The number of nitrogens with zero attached hydrogens (tertiary/aromatic N) is 1. The van der Waals surface area contributed by atoms with Crippen molar-refractivity contribution in [2.45, 2.75) is 65.3 Å². The fraction of sp³-hybridized carbons (Fsp3) is 0.351. The Labute approximate surface area is 321 Å². The predicted molar refractivity (Wildman–Crippen MR) is 173 cm³/mol. The zero-order valence-corrected chi connectivity index (χ0v) is 30.5. The normalized spacial score (nSPS) is 13.9. The molecule has 0 radical (unpaired) electrons. The van der Waals surface area contributed by atoms with E-state index in [4.69, 9.17) is 0 Å². The standard InChI is InChI=1S/C24BF20.C13H28N/c26-5-1(6(27)14(35)21(42)13(5)34)25(2-7(28)15(36)22(43)16(37)8(2)29,3-9(30)17(38)23(44)18(39)10(3)31)4-11(32)19(40)24(45)20(41)12(4)33;1-4-12-14(5-2,6-3)13-10-8-7-9-11-13/h;13H,4-12H2,1-3H3/q-1;+1. The minimum atomic E-state index is -7.22. The second kappa shape index (κ2) is 17.6. The summed E-state index contributed by atoms with van der Waals surface area (Å²) in [5, 5.41) is 0. The van der Waals surface area contributed by atoms with Crippen molar-refractivity contribution < 1.29 is 92.3 Å². The minimum absolute atomic E-state index is 0.985. The monoisotopic (exact) mass is 877 g/mol. The van der Waals surface area contributed by atoms with Gasteiger partial charge in [0.05, 0.1) is 25.7 Å². The molecule has 1 nitrogen and oxygen atoms in total. The van der Waals surface area contributed by atoms with Gasteiger partial charge in [-0.1, -0.05) is 13.3 Å². The van der Waals surface area contributed by atoms with Crippen LogP contribution in [0, 0.1) is 116 Å². The summed E-state index contributed by atoms with van der Waals surface area (Å²) in [6, 6.07) is 0.985. The maximum atomic E-state index is 15.4. The smallest absolute Gasteiger partial charge is 0.200 e. The molecule has 1 aliphatic rings. The van der Waals surface area contributed by atoms with Gasteiger partial charge in [0.15, 0.2) is 69.8 Å². The van der Waals surface area contributed by atoms with Gasteiger partial charge in [-0.15, -0.1) is 21.9 Å². The summed E-state index contributed by atoms with van der Waals surface area (Å²) >= 11 is 0. The van der Waals surface area contributed by atoms with Crippen molar-refractivity contribution in [3.05, 3.63) is 116 Å². The number of rotatable bonds is 9. The van der Waals surface area contributed by atoms with E-state index in [0.717, 1.165) is 6.04 Å². The third kappa shape index (κ3) is 7.29. The molecule has 0 aliphatic heterocycles. The van der Waals surface area contributed by atoms with E-state index >= 15 is 35.1 Å². The summed E-state index contributed by atoms with van der Waals surface area (Å²) < 4.78 is 295. The molecule has 1 saturated carbocycles. The Bertz CT molecular complexity index is 1890. The molecule has 0 unspecified atom stereocenters. The Morgan fingerprint density at radius 2 is 0.542 bits per heavy atom. The van der Waals surface area contributed by atoms with Gasteiger partial charge in [0, 0.05) is 0 Å². The second-order valence-corrected chi connectivity index (χ2v) is 13.7. The van der Waals surface area contributed by atoms with Gasteiger partial charge in [0.2, 0.25) is 0 Å². The Morgan fingerprint density at radius 3 is 0.729 bits per heavy atom. The molecule has 5 rings (SSSR count). The molecule has 0 bridgehead atoms. The summed E-state index contributed by atoms with van der Waals surface area (Å²) in [7, 11) is 0. The second-order valence-electron chi connectivity index (χ2n) is 13.7. The Hall–Kier alpha value is -4.50. The first-order valence-electron chi connectivity index (χ1n) is 17.6. The van der Waals surface area contributed by atoms with E-state index < -0.39 is 144 Å². The largest absolute Gasteiger partial charge is 0.322 e. The third-order valence-corrected chi connectivity index (χ3v) is 11.0. The molecule has 0 N–H and O–H groups in total. The lowest BCUT2D eigenvalue weighted by Gasteiger charge is -2.45. The number of quaternary nitrogens is 1. The van der Waals surface area contributed by atoms with E-state index in [9.17, 15) is 52.7 Å². The van der Waals surface area contributed by atoms with Crippen LogP contribution in [0.3, 0.4) is 0 Å². The van der Waals surface area contributed by atoms with Gasteiger partial charge in [-0.25, -0.2) is 87.8 Å². The zero-order valence-electron chi connectivity index (χ0n) is 30.5. The lowest BCUT2D eigenvalue weighted by atomic mass is 9.12. The van der Waals surface area contributed by atoms with Crippen LogP contribution in [0.5, 0.6) is 0 Å². The topological polar surface area (TPSA) is 0 Å². The van der Waals surface area contributed by atoms with Gasteiger partial charge in [-0.3, -0.25) is 0 Å². The number of hydrogen-bond donors (Lipinski definition) is 0. The Kier molecular flexibility index (Phi) is 14.1. The van der Waals surface area contributed by atoms with E-state index in [2.05, 4.69) is 20.8 Å². The van der Waals surface area contributed by atoms with Crippen LogP contribution in [-0.2, 0) is 0 Å². The summed E-state index contributed by atoms with van der Waals surface area (Å²) in [5.74, 6) is -71.4. The van der Waals surface area contributed by atoms with Crippen molar-refractivity contribution >= 4 is 28.0 Å². The molecule has 59 heavy (non-hydrogen) atoms. The molecule has 324 valence electrons. The summed E-state index contributed by atoms with van der Waals surface area (Å²) in [5.41, 5.74) is -14.3. The summed E-state index contributed by atoms with van der Waals surface area (Å²) in [6.45, 7) is 11.2. The first-order chi connectivity index (χ1) is 27.5. The van der Waals surface area contributed by atoms with E-state index in [1.54, 1.807) is 0 Å². The van der Waals surface area contributed by atoms with E-state index in [1.165, 1.54) is 62.6 Å². The average Bonchev–Trinajstić information content (AvgIpc) is 3.23. The first kappa shape index (κ1) is 47.2. The molecule has 22 heteroatoms. The lowest BCUT2D eigenvalue weighted by molar-refractivity contribution is -0.949. The molecule has 0 saturated heterocycles. The molecule has 4 aromatic carbocycles. The molecule has 1 fully saturated rings. The molecule has 0 heterocycles. The number of halogens is 20. The van der Waals surface area contributed by atoms with Crippen LogP contribution in [0.25, 0.3) is 0 Å². The molecule has 1 aliphatic carbocycles. The van der Waals surface area contributed by atoms with Crippen molar-refractivity contribution in [3.63, 3.8) is 0 Å². The van der Waals surface area contributed by atoms with Crippen LogP contribution >= 0.6 is 0 Å². The molecule has 0 atom stereocenters. The molecule has 0 spiro atoms. The van der Waals surface area contributed by atoms with Crippen molar-refractivity contribution in [2.24, 2.45) is 0 Å². The summed E-state index contributed by atoms with van der Waals surface area (Å²) in [6.07, 6.45) is 1.55. The van der Waals surface area contributed by atoms with Crippen molar-refractivity contribution in [1.29, 1.82) is 0 Å². The number of benzene rings is 4. The van der Waals surface area contributed by atoms with Crippen molar-refractivity contribution in [2.75, 3.05) is 19.6 Å². The SMILES string of the molecule is CCC[N+](CC)(CC)C1CCCCC1.Fc1c(F)c(F)c([B-](c2c(F)c(F)c(F)c(F)c2F)(c2c(F)c(F)c(F)c(F)c2F)c2c(F)c(F)c(F)c(F)c2F)c(F)c1F. The maximum absolute atomic E-state index is 15.4. The van der Waals surface area contributed by atoms with E-state index in [1.807, 2.05) is 0 Å². The molecular weight excluding hydrogens is 849 g/mol. The van der Waals surface area contributed by atoms with Crippen LogP contribution in [0.15, 0.2) is 0 Å². The highest BCUT2D eigenvalue weighted by molar-refractivity contribution is 7.20. The van der Waals surface area contributed by atoms with Crippen molar-refractivity contribution in [1.82, 2.24) is 0 Å². The van der Waals surface area contributed by atoms with Crippen molar-refractivity contribution in [3.8, 4) is 0 Å². The molecule has 0 amide bonds. The van der Waals surface area contributed by atoms with Gasteiger partial charge in [0.1, 0.15) is 52.7 Å². The van der Waals surface area contributed by atoms with Crippen LogP contribution in [-0.4, -0.2) is 36.3 Å². The van der Waals surface area contributed by atoms with E-state index in [-0.39, 0.29) is 0 Å². The molecular formula is C37H28BF20N. The van der Waals surface area contributed by atoms with Gasteiger partial charge < -0.3 is 4.48 Å². The van der Waals surface area contributed by atoms with Crippen LogP contribution < -0.4 is 21.9 Å². The van der Waals surface area contributed by atoms with Gasteiger partial charge in [0.25, 0.3) is 0 Å². The summed E-state index contributed by atoms with van der Waals surface area (Å²) in [4.78, 5) is 0. The minimum Gasteiger partial charge on any atom is -0.322 e. The molecule has 0 aromatic heterocycles. The van der Waals surface area contributed by atoms with Crippen LogP contribution in [0.1, 0.15) is 59.3 Å². The quantitative estimate of drug-likeness (QED) is 0.0518. The fourth-order valence-electron chi connectivity index (χ4n) is 8.19. The zero-order chi connectivity index (χ0) is 44.8. The maximum Gasteiger partial charge on any atom is 0.200 e. The Morgan fingerprint density at radius 1 is 0.339 bits per heavy atom. The van der Waals surface area contributed by atoms with Gasteiger partial charge in [-0.05, 0) is 46.0 Å². The average molecular weight is 877 g/mol. The Balaban J connectivity index is 0.000000464. The number of hydrogen-bond acceptors (Lipinski definition) is 0. The highest BCUT2D eigenvalue weighted by atomic mass is 19.2. The highest BCUT2D eigenvalue weighted by Gasteiger charge is 2.52. The fourth-order valence-corrected chi connectivity index (χ4v) is 8.19. The first-order valence-corrected chi connectivity index (χ1v) is 17.6.